The summed E-state index contributed by atoms with van der Waals surface area (Å²) in [6, 6.07) is 2.25. The van der Waals surface area contributed by atoms with E-state index in [2.05, 4.69) is 29.2 Å². The van der Waals surface area contributed by atoms with Gasteiger partial charge in [0.05, 0.1) is 12.7 Å². The molecule has 0 unspecified atom stereocenters. The van der Waals surface area contributed by atoms with Crippen molar-refractivity contribution in [3.63, 3.8) is 0 Å². The van der Waals surface area contributed by atoms with Crippen LogP contribution >= 0.6 is 0 Å². The van der Waals surface area contributed by atoms with Crippen LogP contribution in [0.4, 0.5) is 5.82 Å². The number of aryl methyl sites for hydroxylation is 2. The van der Waals surface area contributed by atoms with E-state index in [1.54, 1.807) is 17.8 Å². The number of anilines is 1. The zero-order valence-electron chi connectivity index (χ0n) is 16.0. The molecule has 7 nitrogen and oxygen atoms in total. The van der Waals surface area contributed by atoms with Gasteiger partial charge >= 0.3 is 5.97 Å². The van der Waals surface area contributed by atoms with Crippen LogP contribution < -0.4 is 10.1 Å². The Balaban J connectivity index is 2.08. The zero-order valence-corrected chi connectivity index (χ0v) is 16.0. The maximum absolute atomic E-state index is 12.6. The SMILES string of the molecule is CCOC(=O)c1c(-c2cnc(NC(C)C)cc2C)nn2c1O[C@H](C)CC2. The van der Waals surface area contributed by atoms with Crippen LogP contribution in [-0.4, -0.2) is 39.5 Å². The van der Waals surface area contributed by atoms with E-state index < -0.39 is 5.97 Å². The Morgan fingerprint density at radius 2 is 2.27 bits per heavy atom. The molecule has 0 aromatic carbocycles. The summed E-state index contributed by atoms with van der Waals surface area (Å²) < 4.78 is 12.9. The summed E-state index contributed by atoms with van der Waals surface area (Å²) in [6.07, 6.45) is 2.64. The number of fused-ring (bicyclic) bond motifs is 1. The predicted molar refractivity (Wildman–Crippen MR) is 99.6 cm³/mol. The zero-order chi connectivity index (χ0) is 18.8. The fraction of sp³-hybridized carbons (Fsp3) is 0.526. The number of pyridine rings is 1. The number of esters is 1. The van der Waals surface area contributed by atoms with Gasteiger partial charge in [0.1, 0.15) is 17.1 Å². The molecule has 0 fully saturated rings. The van der Waals surface area contributed by atoms with Gasteiger partial charge in [-0.2, -0.15) is 5.10 Å². The fourth-order valence-electron chi connectivity index (χ4n) is 3.03. The van der Waals surface area contributed by atoms with Crippen molar-refractivity contribution >= 4 is 11.8 Å². The van der Waals surface area contributed by atoms with E-state index in [0.717, 1.165) is 23.4 Å². The Morgan fingerprint density at radius 3 is 2.92 bits per heavy atom. The second kappa shape index (κ2) is 7.35. The third-order valence-corrected chi connectivity index (χ3v) is 4.25. The molecule has 0 radical (unpaired) electrons. The molecular formula is C19H26N4O3. The van der Waals surface area contributed by atoms with Crippen molar-refractivity contribution < 1.29 is 14.3 Å². The van der Waals surface area contributed by atoms with E-state index in [-0.39, 0.29) is 12.1 Å². The molecule has 0 spiro atoms. The Morgan fingerprint density at radius 1 is 1.50 bits per heavy atom. The lowest BCUT2D eigenvalue weighted by Crippen LogP contribution is -2.24. The molecule has 0 amide bonds. The number of nitrogens with zero attached hydrogens (tertiary/aromatic N) is 3. The second-order valence-electron chi connectivity index (χ2n) is 6.87. The average molecular weight is 358 g/mol. The lowest BCUT2D eigenvalue weighted by molar-refractivity contribution is 0.0515. The minimum Gasteiger partial charge on any atom is -0.474 e. The molecule has 2 aromatic rings. The first-order chi connectivity index (χ1) is 12.4. The Hall–Kier alpha value is -2.57. The van der Waals surface area contributed by atoms with Crippen molar-refractivity contribution in [2.24, 2.45) is 0 Å². The fourth-order valence-corrected chi connectivity index (χ4v) is 3.03. The van der Waals surface area contributed by atoms with E-state index in [4.69, 9.17) is 9.47 Å². The first-order valence-corrected chi connectivity index (χ1v) is 9.08. The number of ether oxygens (including phenoxy) is 2. The highest BCUT2D eigenvalue weighted by molar-refractivity contribution is 5.99. The molecule has 0 saturated carbocycles. The van der Waals surface area contributed by atoms with Gasteiger partial charge in [0.2, 0.25) is 5.88 Å². The number of hydrogen-bond donors (Lipinski definition) is 1. The van der Waals surface area contributed by atoms with Crippen LogP contribution in [0.3, 0.4) is 0 Å². The topological polar surface area (TPSA) is 78.3 Å². The van der Waals surface area contributed by atoms with E-state index in [9.17, 15) is 4.79 Å². The summed E-state index contributed by atoms with van der Waals surface area (Å²) in [6.45, 7) is 10.9. The van der Waals surface area contributed by atoms with Gasteiger partial charge in [-0.3, -0.25) is 0 Å². The average Bonchev–Trinajstić information content (AvgIpc) is 2.92. The van der Waals surface area contributed by atoms with Gasteiger partial charge < -0.3 is 14.8 Å². The lowest BCUT2D eigenvalue weighted by atomic mass is 10.0. The highest BCUT2D eigenvalue weighted by Gasteiger charge is 2.31. The van der Waals surface area contributed by atoms with Crippen LogP contribution in [0.1, 0.15) is 50.0 Å². The van der Waals surface area contributed by atoms with Gasteiger partial charge in [-0.15, -0.1) is 0 Å². The Kier molecular flexibility index (Phi) is 5.15. The monoisotopic (exact) mass is 358 g/mol. The van der Waals surface area contributed by atoms with Crippen LogP contribution in [0.5, 0.6) is 5.88 Å². The molecule has 140 valence electrons. The van der Waals surface area contributed by atoms with Crippen molar-refractivity contribution in [1.82, 2.24) is 14.8 Å². The third kappa shape index (κ3) is 3.52. The summed E-state index contributed by atoms with van der Waals surface area (Å²) in [5.74, 6) is 0.871. The van der Waals surface area contributed by atoms with Gasteiger partial charge in [0, 0.05) is 30.8 Å². The Bertz CT molecular complexity index is 813. The molecule has 1 atom stereocenters. The van der Waals surface area contributed by atoms with Gasteiger partial charge in [-0.1, -0.05) is 0 Å². The number of aromatic nitrogens is 3. The molecule has 3 rings (SSSR count). The van der Waals surface area contributed by atoms with Crippen LogP contribution in [0, 0.1) is 6.92 Å². The van der Waals surface area contributed by atoms with E-state index >= 15 is 0 Å². The first kappa shape index (κ1) is 18.2. The van der Waals surface area contributed by atoms with Crippen LogP contribution in [0.15, 0.2) is 12.3 Å². The molecular weight excluding hydrogens is 332 g/mol. The van der Waals surface area contributed by atoms with Crippen molar-refractivity contribution in [3.8, 4) is 17.1 Å². The van der Waals surface area contributed by atoms with Crippen LogP contribution in [-0.2, 0) is 11.3 Å². The summed E-state index contributed by atoms with van der Waals surface area (Å²) in [4.78, 5) is 17.1. The van der Waals surface area contributed by atoms with Crippen molar-refractivity contribution in [1.29, 1.82) is 0 Å². The highest BCUT2D eigenvalue weighted by Crippen LogP contribution is 2.36. The quantitative estimate of drug-likeness (QED) is 0.825. The van der Waals surface area contributed by atoms with Crippen molar-refractivity contribution in [2.45, 2.75) is 59.7 Å². The minimum atomic E-state index is -0.415. The number of nitrogens with one attached hydrogen (secondary N) is 1. The van der Waals surface area contributed by atoms with Crippen molar-refractivity contribution in [3.05, 3.63) is 23.4 Å². The summed E-state index contributed by atoms with van der Waals surface area (Å²) in [7, 11) is 0. The van der Waals surface area contributed by atoms with E-state index in [1.807, 2.05) is 19.9 Å². The molecule has 0 bridgehead atoms. The number of rotatable bonds is 5. The smallest absolute Gasteiger partial charge is 0.345 e. The van der Waals surface area contributed by atoms with Gasteiger partial charge in [-0.25, -0.2) is 14.5 Å². The third-order valence-electron chi connectivity index (χ3n) is 4.25. The maximum Gasteiger partial charge on any atom is 0.345 e. The lowest BCUT2D eigenvalue weighted by Gasteiger charge is -2.21. The summed E-state index contributed by atoms with van der Waals surface area (Å²) in [5.41, 5.74) is 2.74. The first-order valence-electron chi connectivity index (χ1n) is 9.08. The molecule has 1 N–H and O–H groups in total. The largest absolute Gasteiger partial charge is 0.474 e. The number of carbonyl (C=O) groups excluding carboxylic acids is 1. The molecule has 1 aliphatic heterocycles. The van der Waals surface area contributed by atoms with E-state index in [1.165, 1.54) is 0 Å². The van der Waals surface area contributed by atoms with E-state index in [0.29, 0.717) is 30.3 Å². The Labute approximate surface area is 153 Å². The second-order valence-corrected chi connectivity index (χ2v) is 6.87. The maximum atomic E-state index is 12.6. The van der Waals surface area contributed by atoms with Gasteiger partial charge in [-0.05, 0) is 46.2 Å². The molecule has 26 heavy (non-hydrogen) atoms. The standard InChI is InChI=1S/C19H26N4O3/c1-6-25-19(24)16-17(22-23-8-7-13(5)26-18(16)23)14-10-20-15(9-12(14)4)21-11(2)3/h9-11,13H,6-8H2,1-5H3,(H,20,21)/t13-/m1/s1. The number of carbonyl (C=O) groups is 1. The molecule has 0 saturated heterocycles. The van der Waals surface area contributed by atoms with Crippen LogP contribution in [0.25, 0.3) is 11.3 Å². The molecule has 0 aliphatic carbocycles. The highest BCUT2D eigenvalue weighted by atomic mass is 16.5. The predicted octanol–water partition coefficient (Wildman–Crippen LogP) is 3.42. The van der Waals surface area contributed by atoms with Gasteiger partial charge in [0.15, 0.2) is 0 Å². The molecule has 2 aromatic heterocycles. The van der Waals surface area contributed by atoms with Gasteiger partial charge in [0.25, 0.3) is 0 Å². The normalized spacial score (nSPS) is 16.2. The summed E-state index contributed by atoms with van der Waals surface area (Å²) >= 11 is 0. The molecule has 1 aliphatic rings. The number of hydrogen-bond acceptors (Lipinski definition) is 6. The molecule has 3 heterocycles. The minimum absolute atomic E-state index is 0.0390. The van der Waals surface area contributed by atoms with Crippen molar-refractivity contribution in [2.75, 3.05) is 11.9 Å². The summed E-state index contributed by atoms with van der Waals surface area (Å²) in [5, 5.41) is 7.92. The van der Waals surface area contributed by atoms with Crippen LogP contribution in [0.2, 0.25) is 0 Å². The molecule has 7 heteroatoms.